The number of halogens is 1. The van der Waals surface area contributed by atoms with Gasteiger partial charge in [0.1, 0.15) is 23.5 Å². The fourth-order valence-electron chi connectivity index (χ4n) is 3.81. The highest BCUT2D eigenvalue weighted by Crippen LogP contribution is 2.31. The Labute approximate surface area is 197 Å². The Morgan fingerprint density at radius 3 is 2.76 bits per heavy atom. The van der Waals surface area contributed by atoms with Gasteiger partial charge in [0.2, 0.25) is 5.82 Å². The molecule has 12 nitrogen and oxygen atoms in total. The van der Waals surface area contributed by atoms with E-state index >= 15 is 0 Å². The molecule has 0 spiro atoms. The largest absolute Gasteiger partial charge is 0.383 e. The summed E-state index contributed by atoms with van der Waals surface area (Å²) in [4.78, 5) is 23.3. The molecule has 34 heavy (non-hydrogen) atoms. The number of nitrogen functional groups attached to an aromatic ring is 1. The van der Waals surface area contributed by atoms with Crippen LogP contribution in [0.3, 0.4) is 0 Å². The van der Waals surface area contributed by atoms with Gasteiger partial charge in [0.25, 0.3) is 5.56 Å². The predicted octanol–water partition coefficient (Wildman–Crippen LogP) is 2.41. The average Bonchev–Trinajstić information content (AvgIpc) is 3.41. The van der Waals surface area contributed by atoms with Crippen molar-refractivity contribution < 1.29 is 0 Å². The van der Waals surface area contributed by atoms with Crippen LogP contribution in [-0.2, 0) is 7.05 Å². The van der Waals surface area contributed by atoms with Crippen LogP contribution >= 0.6 is 11.6 Å². The first-order valence-corrected chi connectivity index (χ1v) is 10.7. The van der Waals surface area contributed by atoms with E-state index in [2.05, 4.69) is 40.9 Å². The molecule has 4 heterocycles. The number of tetrazole rings is 1. The lowest BCUT2D eigenvalue weighted by molar-refractivity contribution is 0.630. The molecular formula is C21H20ClN11O. The van der Waals surface area contributed by atoms with Gasteiger partial charge >= 0.3 is 0 Å². The van der Waals surface area contributed by atoms with Crippen molar-refractivity contribution >= 4 is 34.0 Å². The van der Waals surface area contributed by atoms with Crippen LogP contribution in [0.5, 0.6) is 0 Å². The van der Waals surface area contributed by atoms with Gasteiger partial charge in [-0.15, -0.1) is 10.2 Å². The fourth-order valence-corrected chi connectivity index (χ4v) is 4.07. The van der Waals surface area contributed by atoms with Gasteiger partial charge in [-0.1, -0.05) is 23.7 Å². The monoisotopic (exact) mass is 477 g/mol. The van der Waals surface area contributed by atoms with E-state index in [1.807, 2.05) is 26.0 Å². The predicted molar refractivity (Wildman–Crippen MR) is 128 cm³/mol. The standard InChI is InChI=1S/C21H20ClN11O/c1-10-7-15(28-27-10)33-14(8-12-5-4-6-13(22)16(12)21(33)34)11(2)26-19-17(18(23)24-9-25-19)20-29-31-32(3)30-20/h4-9,11H,1-3H3,(H,27,28)(H3,23,24,25,26)/t11-/m0/s1. The summed E-state index contributed by atoms with van der Waals surface area (Å²) in [6.45, 7) is 3.76. The maximum atomic E-state index is 13.6. The highest BCUT2D eigenvalue weighted by molar-refractivity contribution is 6.35. The lowest BCUT2D eigenvalue weighted by Gasteiger charge is -2.21. The first-order chi connectivity index (χ1) is 16.3. The summed E-state index contributed by atoms with van der Waals surface area (Å²) in [5.41, 5.74) is 7.71. The Morgan fingerprint density at radius 1 is 1.24 bits per heavy atom. The van der Waals surface area contributed by atoms with Crippen LogP contribution in [-0.4, -0.2) is 44.9 Å². The number of aryl methyl sites for hydroxylation is 2. The molecular weight excluding hydrogens is 458 g/mol. The van der Waals surface area contributed by atoms with Crippen LogP contribution in [0.25, 0.3) is 28.0 Å². The molecule has 4 N–H and O–H groups in total. The molecule has 0 aliphatic heterocycles. The number of benzene rings is 1. The van der Waals surface area contributed by atoms with Gasteiger partial charge in [-0.05, 0) is 36.6 Å². The summed E-state index contributed by atoms with van der Waals surface area (Å²) < 4.78 is 1.53. The Morgan fingerprint density at radius 2 is 2.06 bits per heavy atom. The third kappa shape index (κ3) is 3.63. The van der Waals surface area contributed by atoms with Crippen molar-refractivity contribution in [1.82, 2.24) is 44.9 Å². The molecule has 0 aliphatic carbocycles. The molecule has 0 unspecified atom stereocenters. The highest BCUT2D eigenvalue weighted by Gasteiger charge is 2.22. The molecule has 1 aromatic carbocycles. The van der Waals surface area contributed by atoms with Crippen molar-refractivity contribution in [2.45, 2.75) is 19.9 Å². The van der Waals surface area contributed by atoms with Crippen molar-refractivity contribution in [3.63, 3.8) is 0 Å². The minimum Gasteiger partial charge on any atom is -0.383 e. The molecule has 172 valence electrons. The van der Waals surface area contributed by atoms with Crippen LogP contribution in [0.4, 0.5) is 11.6 Å². The van der Waals surface area contributed by atoms with Gasteiger partial charge in [-0.2, -0.15) is 9.90 Å². The molecule has 5 rings (SSSR count). The summed E-state index contributed by atoms with van der Waals surface area (Å²) in [6, 6.07) is 8.61. The number of nitrogens with one attached hydrogen (secondary N) is 2. The van der Waals surface area contributed by atoms with Crippen LogP contribution in [0.2, 0.25) is 5.02 Å². The van der Waals surface area contributed by atoms with E-state index in [0.29, 0.717) is 38.7 Å². The van der Waals surface area contributed by atoms with Crippen molar-refractivity contribution in [3.8, 4) is 17.2 Å². The normalized spacial score (nSPS) is 12.2. The van der Waals surface area contributed by atoms with Crippen LogP contribution in [0, 0.1) is 6.92 Å². The van der Waals surface area contributed by atoms with E-state index < -0.39 is 6.04 Å². The van der Waals surface area contributed by atoms with E-state index in [-0.39, 0.29) is 17.2 Å². The number of nitrogens with zero attached hydrogens (tertiary/aromatic N) is 8. The third-order valence-corrected chi connectivity index (χ3v) is 5.67. The Bertz CT molecular complexity index is 1590. The summed E-state index contributed by atoms with van der Waals surface area (Å²) in [5.74, 6) is 1.33. The summed E-state index contributed by atoms with van der Waals surface area (Å²) in [5, 5.41) is 24.1. The molecule has 0 radical (unpaired) electrons. The lowest BCUT2D eigenvalue weighted by atomic mass is 10.1. The number of pyridine rings is 1. The number of H-pyrrole nitrogens is 1. The van der Waals surface area contributed by atoms with Crippen molar-refractivity contribution in [2.24, 2.45) is 7.05 Å². The van der Waals surface area contributed by atoms with Crippen LogP contribution in [0.15, 0.2) is 41.5 Å². The van der Waals surface area contributed by atoms with Gasteiger partial charge < -0.3 is 11.1 Å². The molecule has 0 amide bonds. The van der Waals surface area contributed by atoms with Crippen molar-refractivity contribution in [2.75, 3.05) is 11.1 Å². The molecule has 0 aliphatic rings. The maximum Gasteiger partial charge on any atom is 0.266 e. The minimum atomic E-state index is -0.419. The Balaban J connectivity index is 1.67. The smallest absolute Gasteiger partial charge is 0.266 e. The summed E-state index contributed by atoms with van der Waals surface area (Å²) in [6.07, 6.45) is 1.34. The Hall–Kier alpha value is -4.32. The molecule has 1 atom stereocenters. The van der Waals surface area contributed by atoms with Gasteiger partial charge in [-0.3, -0.25) is 14.5 Å². The van der Waals surface area contributed by atoms with E-state index in [0.717, 1.165) is 5.69 Å². The van der Waals surface area contributed by atoms with E-state index in [1.54, 1.807) is 25.2 Å². The van der Waals surface area contributed by atoms with Gasteiger partial charge in [0.15, 0.2) is 5.82 Å². The summed E-state index contributed by atoms with van der Waals surface area (Å²) >= 11 is 6.39. The van der Waals surface area contributed by atoms with Gasteiger partial charge in [0, 0.05) is 11.8 Å². The van der Waals surface area contributed by atoms with Crippen LogP contribution < -0.4 is 16.6 Å². The first-order valence-electron chi connectivity index (χ1n) is 10.3. The fraction of sp³-hybridized carbons (Fsp3) is 0.190. The number of hydrogen-bond donors (Lipinski definition) is 3. The number of aromatic nitrogens is 9. The zero-order valence-corrected chi connectivity index (χ0v) is 19.2. The summed E-state index contributed by atoms with van der Waals surface area (Å²) in [7, 11) is 1.65. The second kappa shape index (κ2) is 8.23. The molecule has 0 fully saturated rings. The highest BCUT2D eigenvalue weighted by atomic mass is 35.5. The van der Waals surface area contributed by atoms with E-state index in [9.17, 15) is 4.79 Å². The number of fused-ring (bicyclic) bond motifs is 1. The number of nitrogens with two attached hydrogens (primary N) is 1. The molecule has 0 saturated carbocycles. The van der Waals surface area contributed by atoms with Gasteiger partial charge in [-0.25, -0.2) is 9.97 Å². The minimum absolute atomic E-state index is 0.198. The number of aromatic amines is 1. The number of anilines is 2. The van der Waals surface area contributed by atoms with Crippen molar-refractivity contribution in [1.29, 1.82) is 0 Å². The maximum absolute atomic E-state index is 13.6. The molecule has 0 bridgehead atoms. The lowest BCUT2D eigenvalue weighted by Crippen LogP contribution is -2.26. The molecule has 0 saturated heterocycles. The topological polar surface area (TPSA) is 158 Å². The Kier molecular flexibility index (Phi) is 5.21. The molecule has 5 aromatic rings. The quantitative estimate of drug-likeness (QED) is 0.345. The third-order valence-electron chi connectivity index (χ3n) is 5.35. The van der Waals surface area contributed by atoms with E-state index in [1.165, 1.54) is 15.7 Å². The second-order valence-corrected chi connectivity index (χ2v) is 8.18. The van der Waals surface area contributed by atoms with E-state index in [4.69, 9.17) is 17.3 Å². The zero-order valence-electron chi connectivity index (χ0n) is 18.5. The molecule has 13 heteroatoms. The molecule has 4 aromatic heterocycles. The SMILES string of the molecule is Cc1cc(-n2c([C@H](C)Nc3ncnc(N)c3-c3nnn(C)n3)cc3cccc(Cl)c3c2=O)n[nH]1. The average molecular weight is 478 g/mol. The zero-order chi connectivity index (χ0) is 24.0. The van der Waals surface area contributed by atoms with Gasteiger partial charge in [0.05, 0.1) is 29.2 Å². The van der Waals surface area contributed by atoms with Crippen molar-refractivity contribution in [3.05, 3.63) is 63.4 Å². The second-order valence-electron chi connectivity index (χ2n) is 7.77. The van der Waals surface area contributed by atoms with Crippen LogP contribution in [0.1, 0.15) is 24.4 Å². The number of hydrogen-bond acceptors (Lipinski definition) is 9. The number of rotatable bonds is 5. The first kappa shape index (κ1) is 21.5.